The number of nitrogens with zero attached hydrogens (tertiary/aromatic N) is 1. The maximum absolute atomic E-state index is 14.7. The van der Waals surface area contributed by atoms with E-state index >= 15 is 0 Å². The van der Waals surface area contributed by atoms with Gasteiger partial charge >= 0.3 is 5.97 Å². The van der Waals surface area contributed by atoms with Gasteiger partial charge in [0.25, 0.3) is 0 Å². The summed E-state index contributed by atoms with van der Waals surface area (Å²) in [5.41, 5.74) is 0.116. The third-order valence-corrected chi connectivity index (χ3v) is 10.3. The summed E-state index contributed by atoms with van der Waals surface area (Å²) in [7, 11) is 0. The average Bonchev–Trinajstić information content (AvgIpc) is 3.67. The van der Waals surface area contributed by atoms with Gasteiger partial charge in [-0.3, -0.25) is 19.2 Å². The third-order valence-electron chi connectivity index (χ3n) is 10.3. The second-order valence-electron chi connectivity index (χ2n) is 14.1. The highest BCUT2D eigenvalue weighted by Crippen LogP contribution is 2.58. The van der Waals surface area contributed by atoms with Crippen LogP contribution in [0.15, 0.2) is 30.5 Å². The molecule has 1 aromatic rings. The van der Waals surface area contributed by atoms with Gasteiger partial charge in [-0.05, 0) is 37.0 Å². The van der Waals surface area contributed by atoms with Gasteiger partial charge in [-0.15, -0.1) is 0 Å². The first-order valence-corrected chi connectivity index (χ1v) is 18.5. The van der Waals surface area contributed by atoms with Crippen LogP contribution in [-0.2, 0) is 44.7 Å². The number of rotatable bonds is 20. The molecule has 4 fully saturated rings. The molecule has 2 bridgehead atoms. The summed E-state index contributed by atoms with van der Waals surface area (Å²) < 4.78 is 25.0. The number of nitrogens with one attached hydrogen (secondary N) is 2. The minimum Gasteiger partial charge on any atom is -0.499 e. The topological polar surface area (TPSA) is 185 Å². The first-order valence-electron chi connectivity index (χ1n) is 18.5. The van der Waals surface area contributed by atoms with Crippen molar-refractivity contribution in [1.29, 1.82) is 0 Å². The second kappa shape index (κ2) is 17.6. The van der Waals surface area contributed by atoms with Gasteiger partial charge < -0.3 is 44.9 Å². The molecule has 1 saturated carbocycles. The number of unbranched alkanes of at least 4 members (excludes halogenated alkanes) is 4. The Morgan fingerprint density at radius 1 is 1.04 bits per heavy atom. The van der Waals surface area contributed by atoms with Crippen molar-refractivity contribution in [3.05, 3.63) is 41.7 Å². The lowest BCUT2D eigenvalue weighted by Crippen LogP contribution is -2.71. The molecule has 8 atom stereocenters. The minimum atomic E-state index is -1.54. The van der Waals surface area contributed by atoms with Crippen molar-refractivity contribution in [1.82, 2.24) is 15.7 Å². The molecule has 3 saturated heterocycles. The zero-order valence-corrected chi connectivity index (χ0v) is 30.0. The molecule has 3 aliphatic heterocycles. The Morgan fingerprint density at radius 2 is 1.73 bits per heavy atom. The molecule has 0 aromatic heterocycles. The van der Waals surface area contributed by atoms with E-state index in [0.29, 0.717) is 12.8 Å². The Balaban J connectivity index is 1.48. The normalized spacial score (nSPS) is 29.0. The maximum atomic E-state index is 14.7. The Morgan fingerprint density at radius 3 is 2.35 bits per heavy atom. The van der Waals surface area contributed by atoms with Crippen LogP contribution >= 0.6 is 0 Å². The molecular formula is C37H55N3O11. The number of esters is 1. The molecule has 0 radical (unpaired) electrons. The van der Waals surface area contributed by atoms with Gasteiger partial charge in [-0.25, -0.2) is 0 Å². The number of amides is 2. The first kappa shape index (κ1) is 39.1. The number of hydroxylamine groups is 2. The first-order chi connectivity index (χ1) is 24.6. The Kier molecular flexibility index (Phi) is 13.5. The molecule has 2 unspecified atom stereocenters. The number of aliphatic hydroxyl groups excluding tert-OH is 3. The number of hydrogen-bond acceptors (Lipinski definition) is 12. The predicted molar refractivity (Wildman–Crippen MR) is 184 cm³/mol. The monoisotopic (exact) mass is 717 g/mol. The van der Waals surface area contributed by atoms with Crippen molar-refractivity contribution in [2.24, 2.45) is 5.41 Å². The molecule has 5 N–H and O–H groups in total. The number of ether oxygens (including phenoxy) is 4. The van der Waals surface area contributed by atoms with E-state index in [1.807, 2.05) is 24.3 Å². The van der Waals surface area contributed by atoms with E-state index in [1.54, 1.807) is 6.08 Å². The molecule has 284 valence electrons. The third kappa shape index (κ3) is 8.43. The van der Waals surface area contributed by atoms with E-state index in [4.69, 9.17) is 28.9 Å². The predicted octanol–water partition coefficient (Wildman–Crippen LogP) is 2.08. The quantitative estimate of drug-likeness (QED) is 0.0753. The number of carbonyl (C=O) groups excluding carboxylic acids is 3. The number of fused-ring (bicyclic) bond motifs is 4. The Bertz CT molecular complexity index is 1350. The zero-order chi connectivity index (χ0) is 36.6. The van der Waals surface area contributed by atoms with Crippen molar-refractivity contribution >= 4 is 23.9 Å². The largest absolute Gasteiger partial charge is 0.499 e. The Hall–Kier alpha value is -3.11. The van der Waals surface area contributed by atoms with E-state index in [1.165, 1.54) is 18.2 Å². The molecule has 0 spiro atoms. The van der Waals surface area contributed by atoms with E-state index < -0.39 is 71.6 Å². The summed E-state index contributed by atoms with van der Waals surface area (Å²) >= 11 is 0. The molecule has 1 aromatic carbocycles. The molecule has 3 heterocycles. The second-order valence-corrected chi connectivity index (χ2v) is 14.1. The fourth-order valence-electron chi connectivity index (χ4n) is 7.83. The van der Waals surface area contributed by atoms with Crippen LogP contribution in [0, 0.1) is 5.41 Å². The summed E-state index contributed by atoms with van der Waals surface area (Å²) in [6, 6.07) is 4.96. The van der Waals surface area contributed by atoms with Crippen molar-refractivity contribution in [2.75, 3.05) is 26.4 Å². The number of hydrogen-bond donors (Lipinski definition) is 5. The van der Waals surface area contributed by atoms with Crippen molar-refractivity contribution < 1.29 is 53.5 Å². The molecule has 14 nitrogen and oxygen atoms in total. The van der Waals surface area contributed by atoms with Crippen LogP contribution in [0.5, 0.6) is 0 Å². The van der Waals surface area contributed by atoms with Gasteiger partial charge in [0.05, 0.1) is 32.1 Å². The smallest absolute Gasteiger partial charge is 0.327 e. The number of benzene rings is 1. The fourth-order valence-corrected chi connectivity index (χ4v) is 7.83. The van der Waals surface area contributed by atoms with Gasteiger partial charge in [0.1, 0.15) is 42.5 Å². The molecule has 51 heavy (non-hydrogen) atoms. The highest BCUT2D eigenvalue weighted by molar-refractivity contribution is 5.96. The molecule has 14 heteroatoms. The van der Waals surface area contributed by atoms with Gasteiger partial charge in [0.15, 0.2) is 11.8 Å². The lowest BCUT2D eigenvalue weighted by Gasteiger charge is -2.49. The summed E-state index contributed by atoms with van der Waals surface area (Å²) in [4.78, 5) is 48.4. The maximum Gasteiger partial charge on any atom is 0.327 e. The molecule has 1 aliphatic carbocycles. The van der Waals surface area contributed by atoms with Gasteiger partial charge in [-0.1, -0.05) is 63.8 Å². The Labute approximate surface area is 299 Å². The number of carbonyl (C=O) groups is 3. The molecule has 4 aliphatic rings. The summed E-state index contributed by atoms with van der Waals surface area (Å²) in [6.45, 7) is 5.52. The molecule has 5 rings (SSSR count). The summed E-state index contributed by atoms with van der Waals surface area (Å²) in [6.07, 6.45) is 6.01. The standard InChI is InChI=1S/C37H55N3O11/c1-4-6-8-15-36(16-9-7-5-2)49-29-27-22-37(35(46)39-28(24(3)43)33(44)38-17-18-41)31(34(45)48-27)40(51-32(37)30(29)50-36)23-26-12-10-25(11-13-26)14-20-47-21-19-42/h10-14,20,24,27-32,41-43H,4-9,15-19,21-23H2,1-3H3,(H,38,44)(H,39,46)/t24-,27?,28+,29-,30-,31-,32+,37?/m0/s1. The van der Waals surface area contributed by atoms with E-state index in [2.05, 4.69) is 24.5 Å². The van der Waals surface area contributed by atoms with Crippen LogP contribution in [-0.4, -0.2) is 113 Å². The van der Waals surface area contributed by atoms with Crippen LogP contribution in [0.1, 0.15) is 89.7 Å². The number of aliphatic hydroxyl groups is 3. The zero-order valence-electron chi connectivity index (χ0n) is 30.0. The van der Waals surface area contributed by atoms with Crippen molar-refractivity contribution in [3.63, 3.8) is 0 Å². The lowest BCUT2D eigenvalue weighted by molar-refractivity contribution is -0.224. The highest BCUT2D eigenvalue weighted by atomic mass is 16.8. The fraction of sp³-hybridized carbons (Fsp3) is 0.703. The van der Waals surface area contributed by atoms with Crippen LogP contribution in [0.25, 0.3) is 6.08 Å². The van der Waals surface area contributed by atoms with Crippen molar-refractivity contribution in [2.45, 2.75) is 133 Å². The van der Waals surface area contributed by atoms with E-state index in [0.717, 1.165) is 49.7 Å². The van der Waals surface area contributed by atoms with Crippen molar-refractivity contribution in [3.8, 4) is 0 Å². The van der Waals surface area contributed by atoms with Gasteiger partial charge in [-0.2, -0.15) is 5.06 Å². The van der Waals surface area contributed by atoms with Crippen LogP contribution in [0.4, 0.5) is 0 Å². The summed E-state index contributed by atoms with van der Waals surface area (Å²) in [5, 5.41) is 35.5. The van der Waals surface area contributed by atoms with Crippen LogP contribution < -0.4 is 10.6 Å². The van der Waals surface area contributed by atoms with Gasteiger partial charge in [0.2, 0.25) is 11.8 Å². The molecule has 2 amide bonds. The van der Waals surface area contributed by atoms with Gasteiger partial charge in [0, 0.05) is 25.8 Å². The van der Waals surface area contributed by atoms with Crippen LogP contribution in [0.2, 0.25) is 0 Å². The van der Waals surface area contributed by atoms with E-state index in [9.17, 15) is 24.6 Å². The summed E-state index contributed by atoms with van der Waals surface area (Å²) in [5.74, 6) is -2.87. The average molecular weight is 718 g/mol. The highest BCUT2D eigenvalue weighted by Gasteiger charge is 2.76. The van der Waals surface area contributed by atoms with E-state index in [-0.39, 0.29) is 39.3 Å². The minimum absolute atomic E-state index is 0.0586. The lowest BCUT2D eigenvalue weighted by atomic mass is 9.62. The SMILES string of the molecule is CCCCCC1(CCCCC)O[C@@H]2[C@H]3ON(Cc4ccc(C=COCCO)cc4)[C@H]4C(=O)OC(CC34C(=O)N[C@@H](C(=O)NCCO)[C@H](C)O)[C@@H]2O1. The van der Waals surface area contributed by atoms with Crippen LogP contribution in [0.3, 0.4) is 0 Å². The molecular weight excluding hydrogens is 662 g/mol.